The summed E-state index contributed by atoms with van der Waals surface area (Å²) in [6.07, 6.45) is -0.00132. The zero-order valence-corrected chi connectivity index (χ0v) is 10.9. The fourth-order valence-corrected chi connectivity index (χ4v) is 2.17. The summed E-state index contributed by atoms with van der Waals surface area (Å²) in [7, 11) is 0. The summed E-state index contributed by atoms with van der Waals surface area (Å²) in [5, 5.41) is 13.0. The molecule has 0 aliphatic heterocycles. The molecular formula is C14H15FN2O2. The first-order valence-electron chi connectivity index (χ1n) is 6.01. The van der Waals surface area contributed by atoms with Crippen molar-refractivity contribution < 1.29 is 14.3 Å². The molecule has 0 saturated carbocycles. The second-order valence-corrected chi connectivity index (χ2v) is 4.39. The van der Waals surface area contributed by atoms with Crippen LogP contribution < -0.4 is 0 Å². The van der Waals surface area contributed by atoms with Gasteiger partial charge in [-0.2, -0.15) is 5.10 Å². The SMILES string of the molecule is Cc1nn(CCC(=O)O)c(C)c1-c1ccccc1F. The molecule has 0 unspecified atom stereocenters. The highest BCUT2D eigenvalue weighted by molar-refractivity contribution is 5.69. The first-order valence-corrected chi connectivity index (χ1v) is 6.01. The minimum absolute atomic E-state index is 0.00132. The molecule has 0 radical (unpaired) electrons. The molecule has 0 aliphatic carbocycles. The Hall–Kier alpha value is -2.17. The number of carboxylic acids is 1. The maximum atomic E-state index is 13.8. The van der Waals surface area contributed by atoms with E-state index in [4.69, 9.17) is 5.11 Å². The molecule has 0 saturated heterocycles. The van der Waals surface area contributed by atoms with Gasteiger partial charge in [0.25, 0.3) is 0 Å². The van der Waals surface area contributed by atoms with E-state index in [1.807, 2.05) is 6.92 Å². The second kappa shape index (κ2) is 5.22. The summed E-state index contributed by atoms with van der Waals surface area (Å²) >= 11 is 0. The average molecular weight is 262 g/mol. The maximum Gasteiger partial charge on any atom is 0.305 e. The van der Waals surface area contributed by atoms with Gasteiger partial charge < -0.3 is 5.11 Å². The van der Waals surface area contributed by atoms with Crippen molar-refractivity contribution in [1.82, 2.24) is 9.78 Å². The molecule has 4 nitrogen and oxygen atoms in total. The van der Waals surface area contributed by atoms with Crippen molar-refractivity contribution in [2.24, 2.45) is 0 Å². The average Bonchev–Trinajstić information content (AvgIpc) is 2.63. The van der Waals surface area contributed by atoms with Crippen molar-refractivity contribution in [1.29, 1.82) is 0 Å². The first-order chi connectivity index (χ1) is 9.00. The van der Waals surface area contributed by atoms with Crippen LogP contribution in [-0.2, 0) is 11.3 Å². The number of hydrogen-bond acceptors (Lipinski definition) is 2. The summed E-state index contributed by atoms with van der Waals surface area (Å²) < 4.78 is 15.4. The molecule has 2 rings (SSSR count). The van der Waals surface area contributed by atoms with Gasteiger partial charge in [0, 0.05) is 16.8 Å². The largest absolute Gasteiger partial charge is 0.481 e. The number of hydrogen-bond donors (Lipinski definition) is 1. The summed E-state index contributed by atoms with van der Waals surface area (Å²) in [4.78, 5) is 10.6. The van der Waals surface area contributed by atoms with Crippen LogP contribution in [0.2, 0.25) is 0 Å². The topological polar surface area (TPSA) is 55.1 Å². The normalized spacial score (nSPS) is 10.7. The molecule has 1 N–H and O–H groups in total. The molecule has 0 spiro atoms. The van der Waals surface area contributed by atoms with Gasteiger partial charge in [0.2, 0.25) is 0 Å². The van der Waals surface area contributed by atoms with Crippen LogP contribution in [0.25, 0.3) is 11.1 Å². The second-order valence-electron chi connectivity index (χ2n) is 4.39. The number of aliphatic carboxylic acids is 1. The van der Waals surface area contributed by atoms with Crippen LogP contribution in [0.4, 0.5) is 4.39 Å². The van der Waals surface area contributed by atoms with E-state index in [-0.39, 0.29) is 18.8 Å². The summed E-state index contributed by atoms with van der Waals surface area (Å²) in [6, 6.07) is 6.51. The van der Waals surface area contributed by atoms with Crippen molar-refractivity contribution in [2.45, 2.75) is 26.8 Å². The molecule has 0 atom stereocenters. The minimum atomic E-state index is -0.875. The zero-order chi connectivity index (χ0) is 14.0. The van der Waals surface area contributed by atoms with Gasteiger partial charge in [-0.25, -0.2) is 4.39 Å². The first kappa shape index (κ1) is 13.3. The Kier molecular flexibility index (Phi) is 3.64. The van der Waals surface area contributed by atoms with Crippen LogP contribution in [0.15, 0.2) is 24.3 Å². The van der Waals surface area contributed by atoms with Gasteiger partial charge in [-0.1, -0.05) is 18.2 Å². The molecule has 2 aromatic rings. The Morgan fingerprint density at radius 3 is 2.68 bits per heavy atom. The number of nitrogens with zero attached hydrogens (tertiary/aromatic N) is 2. The van der Waals surface area contributed by atoms with Crippen LogP contribution in [-0.4, -0.2) is 20.9 Å². The van der Waals surface area contributed by atoms with Crippen LogP contribution >= 0.6 is 0 Å². The van der Waals surface area contributed by atoms with Crippen LogP contribution in [0.1, 0.15) is 17.8 Å². The fourth-order valence-electron chi connectivity index (χ4n) is 2.17. The quantitative estimate of drug-likeness (QED) is 0.921. The Labute approximate surface area is 110 Å². The van der Waals surface area contributed by atoms with Gasteiger partial charge in [-0.05, 0) is 19.9 Å². The van der Waals surface area contributed by atoms with E-state index in [9.17, 15) is 9.18 Å². The van der Waals surface area contributed by atoms with Crippen molar-refractivity contribution in [3.63, 3.8) is 0 Å². The van der Waals surface area contributed by atoms with E-state index < -0.39 is 5.97 Å². The van der Waals surface area contributed by atoms with Crippen molar-refractivity contribution in [3.05, 3.63) is 41.5 Å². The third-order valence-corrected chi connectivity index (χ3v) is 3.06. The Morgan fingerprint density at radius 2 is 2.05 bits per heavy atom. The van der Waals surface area contributed by atoms with E-state index in [0.717, 1.165) is 11.3 Å². The number of carbonyl (C=O) groups is 1. The van der Waals surface area contributed by atoms with Crippen molar-refractivity contribution >= 4 is 5.97 Å². The van der Waals surface area contributed by atoms with Crippen LogP contribution in [0.5, 0.6) is 0 Å². The van der Waals surface area contributed by atoms with Gasteiger partial charge in [0.05, 0.1) is 18.7 Å². The molecule has 100 valence electrons. The smallest absolute Gasteiger partial charge is 0.305 e. The lowest BCUT2D eigenvalue weighted by Crippen LogP contribution is -2.07. The number of rotatable bonds is 4. The van der Waals surface area contributed by atoms with E-state index in [1.165, 1.54) is 6.07 Å². The summed E-state index contributed by atoms with van der Waals surface area (Å²) in [5.41, 5.74) is 2.72. The number of benzene rings is 1. The predicted octanol–water partition coefficient (Wildman–Crippen LogP) is 2.78. The molecule has 5 heteroatoms. The van der Waals surface area contributed by atoms with Gasteiger partial charge >= 0.3 is 5.97 Å². The summed E-state index contributed by atoms with van der Waals surface area (Å²) in [5.74, 6) is -1.17. The van der Waals surface area contributed by atoms with E-state index in [2.05, 4.69) is 5.10 Å². The van der Waals surface area contributed by atoms with Crippen LogP contribution in [0.3, 0.4) is 0 Å². The monoisotopic (exact) mass is 262 g/mol. The van der Waals surface area contributed by atoms with Gasteiger partial charge in [0.15, 0.2) is 0 Å². The standard InChI is InChI=1S/C14H15FN2O2/c1-9-14(11-5-3-4-6-12(11)15)10(2)17(16-9)8-7-13(18)19/h3-6H,7-8H2,1-2H3,(H,18,19). The Balaban J connectivity index is 2.42. The molecule has 0 bridgehead atoms. The zero-order valence-electron chi connectivity index (χ0n) is 10.9. The maximum absolute atomic E-state index is 13.8. The third-order valence-electron chi connectivity index (χ3n) is 3.06. The molecule has 1 aromatic carbocycles. The lowest BCUT2D eigenvalue weighted by molar-refractivity contribution is -0.137. The molecule has 1 aromatic heterocycles. The highest BCUT2D eigenvalue weighted by atomic mass is 19.1. The molecule has 19 heavy (non-hydrogen) atoms. The number of halogens is 1. The lowest BCUT2D eigenvalue weighted by Gasteiger charge is -2.05. The molecular weight excluding hydrogens is 247 g/mol. The van der Waals surface area contributed by atoms with E-state index in [1.54, 1.807) is 29.8 Å². The number of aromatic nitrogens is 2. The van der Waals surface area contributed by atoms with Gasteiger partial charge in [-0.15, -0.1) is 0 Å². The van der Waals surface area contributed by atoms with Crippen molar-refractivity contribution in [2.75, 3.05) is 0 Å². The van der Waals surface area contributed by atoms with Crippen molar-refractivity contribution in [3.8, 4) is 11.1 Å². The minimum Gasteiger partial charge on any atom is -0.481 e. The molecule has 0 amide bonds. The van der Waals surface area contributed by atoms with E-state index in [0.29, 0.717) is 11.3 Å². The summed E-state index contributed by atoms with van der Waals surface area (Å²) in [6.45, 7) is 3.91. The molecule has 0 aliphatic rings. The van der Waals surface area contributed by atoms with Gasteiger partial charge in [0.1, 0.15) is 5.82 Å². The Bertz CT molecular complexity index is 620. The number of carboxylic acid groups (broad SMARTS) is 1. The van der Waals surface area contributed by atoms with Crippen LogP contribution in [0, 0.1) is 19.7 Å². The Morgan fingerprint density at radius 1 is 1.37 bits per heavy atom. The fraction of sp³-hybridized carbons (Fsp3) is 0.286. The molecule has 0 fully saturated rings. The predicted molar refractivity (Wildman–Crippen MR) is 69.3 cm³/mol. The molecule has 1 heterocycles. The third kappa shape index (κ3) is 2.65. The number of aryl methyl sites for hydroxylation is 2. The lowest BCUT2D eigenvalue weighted by atomic mass is 10.0. The highest BCUT2D eigenvalue weighted by Gasteiger charge is 2.16. The van der Waals surface area contributed by atoms with E-state index >= 15 is 0 Å². The highest BCUT2D eigenvalue weighted by Crippen LogP contribution is 2.29. The van der Waals surface area contributed by atoms with Gasteiger partial charge in [-0.3, -0.25) is 9.48 Å².